The van der Waals surface area contributed by atoms with Crippen molar-refractivity contribution in [3.63, 3.8) is 0 Å². The first kappa shape index (κ1) is 29.1. The average molecular weight is 679 g/mol. The predicted molar refractivity (Wildman–Crippen MR) is 168 cm³/mol. The third-order valence-electron chi connectivity index (χ3n) is 7.25. The van der Waals surface area contributed by atoms with Crippen molar-refractivity contribution in [3.05, 3.63) is 109 Å². The number of anilines is 2. The number of thiazole rings is 1. The van der Waals surface area contributed by atoms with Crippen molar-refractivity contribution in [2.24, 2.45) is 5.92 Å². The van der Waals surface area contributed by atoms with Crippen LogP contribution in [0.3, 0.4) is 0 Å². The number of carbonyl (C=O) groups is 4. The van der Waals surface area contributed by atoms with Gasteiger partial charge in [0.25, 0.3) is 0 Å². The number of aromatic nitrogens is 1. The Labute approximate surface area is 263 Å². The number of ether oxygens (including phenoxy) is 1. The van der Waals surface area contributed by atoms with Gasteiger partial charge in [-0.3, -0.25) is 23.7 Å². The molecule has 4 aromatic rings. The molecule has 3 aromatic carbocycles. The minimum Gasteiger partial charge on any atom is -0.462 e. The van der Waals surface area contributed by atoms with Crippen molar-refractivity contribution < 1.29 is 23.9 Å². The second kappa shape index (κ2) is 11.9. The third kappa shape index (κ3) is 5.46. The van der Waals surface area contributed by atoms with E-state index >= 15 is 0 Å². The van der Waals surface area contributed by atoms with Crippen molar-refractivity contribution >= 4 is 74.1 Å². The van der Waals surface area contributed by atoms with Crippen molar-refractivity contribution in [2.45, 2.75) is 29.7 Å². The molecule has 1 saturated heterocycles. The molecule has 3 atom stereocenters. The van der Waals surface area contributed by atoms with Gasteiger partial charge in [-0.1, -0.05) is 69.4 Å². The van der Waals surface area contributed by atoms with Crippen LogP contribution in [0.2, 0.25) is 0 Å². The standard InChI is InChI=1S/C31H24BrN3O6S2/c1-2-41-30(39)17-11-13-20(14-12-17)33-22(36)16-34-29-26(43-31(34)40)23(18-7-6-8-19(32)15-18)24-25(42-29)28(38)35(27(24)37)21-9-4-3-5-10-21/h3-15,23-25H,2,16H2,1H3,(H,33,36). The largest absolute Gasteiger partial charge is 0.462 e. The van der Waals surface area contributed by atoms with Crippen LogP contribution in [0.1, 0.15) is 33.6 Å². The smallest absolute Gasteiger partial charge is 0.338 e. The minimum atomic E-state index is -0.775. The number of amides is 3. The van der Waals surface area contributed by atoms with Crippen molar-refractivity contribution in [2.75, 3.05) is 16.8 Å². The summed E-state index contributed by atoms with van der Waals surface area (Å²) in [5.74, 6) is -2.86. The van der Waals surface area contributed by atoms with Crippen LogP contribution in [0.5, 0.6) is 0 Å². The summed E-state index contributed by atoms with van der Waals surface area (Å²) in [4.78, 5) is 67.6. The Hall–Kier alpha value is -4.00. The second-order valence-corrected chi connectivity index (χ2v) is 13.0. The average Bonchev–Trinajstić information content (AvgIpc) is 3.44. The maximum absolute atomic E-state index is 13.9. The van der Waals surface area contributed by atoms with Crippen LogP contribution in [0.4, 0.5) is 11.4 Å². The molecule has 3 heterocycles. The van der Waals surface area contributed by atoms with E-state index < -0.39 is 29.0 Å². The third-order valence-corrected chi connectivity index (χ3v) is 10.3. The number of hydrogen-bond donors (Lipinski definition) is 1. The van der Waals surface area contributed by atoms with Crippen molar-refractivity contribution in [1.82, 2.24) is 4.57 Å². The summed E-state index contributed by atoms with van der Waals surface area (Å²) in [5, 5.41) is 2.49. The lowest BCUT2D eigenvalue weighted by atomic mass is 9.83. The number of fused-ring (bicyclic) bond motifs is 2. The second-order valence-electron chi connectivity index (χ2n) is 9.91. The molecule has 0 spiro atoms. The van der Waals surface area contributed by atoms with Gasteiger partial charge in [0.15, 0.2) is 0 Å². The summed E-state index contributed by atoms with van der Waals surface area (Å²) in [6.07, 6.45) is 0. The SMILES string of the molecule is CCOC(=O)c1ccc(NC(=O)Cn2c3c(sc2=O)C(c2cccc(Br)c2)C2C(=O)N(c4ccccc4)C(=O)C2S3)cc1. The number of nitrogens with zero attached hydrogens (tertiary/aromatic N) is 2. The van der Waals surface area contributed by atoms with Gasteiger partial charge in [-0.2, -0.15) is 0 Å². The molecule has 3 unspecified atom stereocenters. The number of thioether (sulfide) groups is 1. The number of imide groups is 1. The Kier molecular flexibility index (Phi) is 8.08. The van der Waals surface area contributed by atoms with Gasteiger partial charge in [-0.05, 0) is 61.0 Å². The summed E-state index contributed by atoms with van der Waals surface area (Å²) >= 11 is 5.67. The predicted octanol–water partition coefficient (Wildman–Crippen LogP) is 5.28. The Morgan fingerprint density at radius 1 is 0.953 bits per heavy atom. The highest BCUT2D eigenvalue weighted by atomic mass is 79.9. The number of para-hydroxylation sites is 1. The first-order valence-electron chi connectivity index (χ1n) is 13.4. The van der Waals surface area contributed by atoms with Crippen LogP contribution in [0, 0.1) is 5.92 Å². The van der Waals surface area contributed by atoms with E-state index in [1.807, 2.05) is 30.3 Å². The van der Waals surface area contributed by atoms with E-state index in [-0.39, 0.29) is 29.8 Å². The Bertz CT molecular complexity index is 1800. The Morgan fingerprint density at radius 2 is 1.70 bits per heavy atom. The maximum atomic E-state index is 13.9. The Morgan fingerprint density at radius 3 is 2.40 bits per heavy atom. The molecule has 9 nitrogen and oxygen atoms in total. The number of carbonyl (C=O) groups excluding carboxylic acids is 4. The number of nitrogens with one attached hydrogen (secondary N) is 1. The summed E-state index contributed by atoms with van der Waals surface area (Å²) in [6.45, 7) is 1.68. The van der Waals surface area contributed by atoms with E-state index in [0.29, 0.717) is 26.8 Å². The molecular formula is C31H24BrN3O6S2. The van der Waals surface area contributed by atoms with Crippen molar-refractivity contribution in [1.29, 1.82) is 0 Å². The lowest BCUT2D eigenvalue weighted by Crippen LogP contribution is -2.33. The molecule has 0 radical (unpaired) electrons. The van der Waals surface area contributed by atoms with Crippen LogP contribution < -0.4 is 15.1 Å². The molecule has 2 aliphatic rings. The van der Waals surface area contributed by atoms with Gasteiger partial charge in [-0.15, -0.1) is 0 Å². The molecule has 2 aliphatic heterocycles. The zero-order valence-electron chi connectivity index (χ0n) is 22.7. The van der Waals surface area contributed by atoms with Crippen LogP contribution in [0.25, 0.3) is 0 Å². The van der Waals surface area contributed by atoms with Gasteiger partial charge in [0, 0.05) is 21.0 Å². The number of hydrogen-bond acceptors (Lipinski definition) is 8. The number of halogens is 1. The van der Waals surface area contributed by atoms with Crippen LogP contribution >= 0.6 is 39.0 Å². The zero-order valence-corrected chi connectivity index (χ0v) is 25.9. The van der Waals surface area contributed by atoms with Crippen LogP contribution in [-0.4, -0.2) is 40.1 Å². The summed E-state index contributed by atoms with van der Waals surface area (Å²) in [6, 6.07) is 22.6. The highest BCUT2D eigenvalue weighted by Crippen LogP contribution is 2.54. The topological polar surface area (TPSA) is 115 Å². The molecule has 218 valence electrons. The van der Waals surface area contributed by atoms with Gasteiger partial charge in [0.1, 0.15) is 11.8 Å². The molecule has 1 N–H and O–H groups in total. The molecule has 6 rings (SSSR count). The minimum absolute atomic E-state index is 0.253. The molecule has 3 amide bonds. The van der Waals surface area contributed by atoms with E-state index in [0.717, 1.165) is 33.1 Å². The molecule has 0 bridgehead atoms. The molecule has 1 fully saturated rings. The van der Waals surface area contributed by atoms with E-state index in [9.17, 15) is 24.0 Å². The van der Waals surface area contributed by atoms with E-state index in [1.165, 1.54) is 9.47 Å². The van der Waals surface area contributed by atoms with Gasteiger partial charge in [0.05, 0.1) is 28.8 Å². The Balaban J connectivity index is 1.33. The highest BCUT2D eigenvalue weighted by molar-refractivity contribution is 9.10. The van der Waals surface area contributed by atoms with Crippen LogP contribution in [0.15, 0.2) is 93.2 Å². The first-order valence-corrected chi connectivity index (χ1v) is 15.9. The fraction of sp³-hybridized carbons (Fsp3) is 0.194. The van der Waals surface area contributed by atoms with E-state index in [1.54, 1.807) is 55.5 Å². The van der Waals surface area contributed by atoms with Crippen molar-refractivity contribution in [3.8, 4) is 0 Å². The number of esters is 1. The summed E-state index contributed by atoms with van der Waals surface area (Å²) in [5.41, 5.74) is 2.09. The first-order chi connectivity index (χ1) is 20.8. The van der Waals surface area contributed by atoms with Gasteiger partial charge in [-0.25, -0.2) is 9.69 Å². The molecule has 12 heteroatoms. The molecule has 0 saturated carbocycles. The molecule has 0 aliphatic carbocycles. The normalized spacial score (nSPS) is 19.1. The quantitative estimate of drug-likeness (QED) is 0.209. The summed E-state index contributed by atoms with van der Waals surface area (Å²) < 4.78 is 7.17. The highest BCUT2D eigenvalue weighted by Gasteiger charge is 2.56. The molecule has 43 heavy (non-hydrogen) atoms. The van der Waals surface area contributed by atoms with E-state index in [2.05, 4.69) is 21.2 Å². The lowest BCUT2D eigenvalue weighted by Gasteiger charge is -2.30. The molecule has 1 aromatic heterocycles. The zero-order chi connectivity index (χ0) is 30.2. The van der Waals surface area contributed by atoms with E-state index in [4.69, 9.17) is 4.74 Å². The molecular weight excluding hydrogens is 654 g/mol. The van der Waals surface area contributed by atoms with Crippen LogP contribution in [-0.2, 0) is 25.7 Å². The summed E-state index contributed by atoms with van der Waals surface area (Å²) in [7, 11) is 0. The maximum Gasteiger partial charge on any atom is 0.338 e. The fourth-order valence-corrected chi connectivity index (χ4v) is 8.58. The van der Waals surface area contributed by atoms with Gasteiger partial charge >= 0.3 is 10.8 Å². The monoisotopic (exact) mass is 677 g/mol. The van der Waals surface area contributed by atoms with Gasteiger partial charge < -0.3 is 10.1 Å². The number of benzene rings is 3. The number of rotatable bonds is 7. The fourth-order valence-electron chi connectivity index (χ4n) is 5.39. The lowest BCUT2D eigenvalue weighted by molar-refractivity contribution is -0.122. The van der Waals surface area contributed by atoms with Gasteiger partial charge in [0.2, 0.25) is 17.7 Å².